The fraction of sp³-hybridized carbons (Fsp3) is 0.462. The van der Waals surface area contributed by atoms with Crippen LogP contribution in [0.2, 0.25) is 5.02 Å². The Morgan fingerprint density at radius 1 is 1.52 bits per heavy atom. The van der Waals surface area contributed by atoms with Crippen LogP contribution in [-0.4, -0.2) is 33.1 Å². The summed E-state index contributed by atoms with van der Waals surface area (Å²) in [5, 5.41) is 7.99. The number of rotatable bonds is 4. The number of ether oxygens (including phenoxy) is 1. The second-order valence-corrected chi connectivity index (χ2v) is 6.97. The normalized spacial score (nSPS) is 20.2. The molecule has 0 spiro atoms. The standard InChI is InChI=1S/C13H17ClN2O4S/c1-8(12-3-2-6-20-12)16-13(17)10-7-9(21(15,18)19)4-5-11(10)14/h4-5,7-8,12H,2-3,6H2,1H3,(H,16,17)(H2,15,18,19). The molecule has 0 radical (unpaired) electrons. The van der Waals surface area contributed by atoms with E-state index in [1.54, 1.807) is 0 Å². The number of sulfonamides is 1. The first-order valence-corrected chi connectivity index (χ1v) is 8.46. The van der Waals surface area contributed by atoms with Crippen LogP contribution in [0.3, 0.4) is 0 Å². The third kappa shape index (κ3) is 3.94. The van der Waals surface area contributed by atoms with Gasteiger partial charge in [-0.1, -0.05) is 11.6 Å². The van der Waals surface area contributed by atoms with Crippen molar-refractivity contribution in [2.24, 2.45) is 5.14 Å². The van der Waals surface area contributed by atoms with Crippen molar-refractivity contribution < 1.29 is 17.9 Å². The van der Waals surface area contributed by atoms with Gasteiger partial charge in [-0.3, -0.25) is 4.79 Å². The van der Waals surface area contributed by atoms with Crippen LogP contribution < -0.4 is 10.5 Å². The van der Waals surface area contributed by atoms with Crippen molar-refractivity contribution in [1.82, 2.24) is 5.32 Å². The molecule has 0 saturated carbocycles. The number of hydrogen-bond donors (Lipinski definition) is 2. The first kappa shape index (κ1) is 16.2. The van der Waals surface area contributed by atoms with Crippen molar-refractivity contribution in [3.63, 3.8) is 0 Å². The molecular weight excluding hydrogens is 316 g/mol. The van der Waals surface area contributed by atoms with Gasteiger partial charge in [-0.05, 0) is 38.0 Å². The van der Waals surface area contributed by atoms with Crippen LogP contribution in [0.1, 0.15) is 30.1 Å². The van der Waals surface area contributed by atoms with E-state index >= 15 is 0 Å². The van der Waals surface area contributed by atoms with Gasteiger partial charge in [0.15, 0.2) is 0 Å². The lowest BCUT2D eigenvalue weighted by Crippen LogP contribution is -2.41. The number of primary sulfonamides is 1. The van der Waals surface area contributed by atoms with E-state index in [1.807, 2.05) is 6.92 Å². The van der Waals surface area contributed by atoms with Gasteiger partial charge in [0.25, 0.3) is 5.91 Å². The van der Waals surface area contributed by atoms with Gasteiger partial charge in [0.2, 0.25) is 10.0 Å². The van der Waals surface area contributed by atoms with Crippen molar-refractivity contribution >= 4 is 27.5 Å². The summed E-state index contributed by atoms with van der Waals surface area (Å²) in [6, 6.07) is 3.59. The number of carbonyl (C=O) groups is 1. The van der Waals surface area contributed by atoms with Crippen molar-refractivity contribution in [3.8, 4) is 0 Å². The molecule has 6 nitrogen and oxygen atoms in total. The summed E-state index contributed by atoms with van der Waals surface area (Å²) >= 11 is 5.96. The molecule has 1 saturated heterocycles. The molecule has 1 amide bonds. The van der Waals surface area contributed by atoms with Gasteiger partial charge in [-0.15, -0.1) is 0 Å². The van der Waals surface area contributed by atoms with Gasteiger partial charge in [0, 0.05) is 6.61 Å². The molecule has 0 bridgehead atoms. The van der Waals surface area contributed by atoms with E-state index in [2.05, 4.69) is 5.32 Å². The van der Waals surface area contributed by atoms with Crippen LogP contribution in [0, 0.1) is 0 Å². The average Bonchev–Trinajstić information content (AvgIpc) is 2.91. The molecule has 1 aliphatic rings. The van der Waals surface area contributed by atoms with E-state index in [1.165, 1.54) is 18.2 Å². The van der Waals surface area contributed by atoms with Crippen LogP contribution in [0.5, 0.6) is 0 Å². The van der Waals surface area contributed by atoms with Crippen molar-refractivity contribution in [2.45, 2.75) is 36.8 Å². The number of hydrogen-bond acceptors (Lipinski definition) is 4. The van der Waals surface area contributed by atoms with Gasteiger partial charge in [-0.25, -0.2) is 13.6 Å². The summed E-state index contributed by atoms with van der Waals surface area (Å²) in [4.78, 5) is 12.1. The summed E-state index contributed by atoms with van der Waals surface area (Å²) in [6.45, 7) is 2.53. The monoisotopic (exact) mass is 332 g/mol. The third-order valence-corrected chi connectivity index (χ3v) is 4.63. The first-order valence-electron chi connectivity index (χ1n) is 6.54. The van der Waals surface area contributed by atoms with Crippen LogP contribution in [-0.2, 0) is 14.8 Å². The van der Waals surface area contributed by atoms with Crippen LogP contribution in [0.4, 0.5) is 0 Å². The largest absolute Gasteiger partial charge is 0.376 e. The zero-order chi connectivity index (χ0) is 15.6. The Morgan fingerprint density at radius 3 is 2.81 bits per heavy atom. The highest BCUT2D eigenvalue weighted by Crippen LogP contribution is 2.21. The molecule has 1 fully saturated rings. The summed E-state index contributed by atoms with van der Waals surface area (Å²) in [5.41, 5.74) is 0.0769. The fourth-order valence-electron chi connectivity index (χ4n) is 2.23. The number of nitrogens with one attached hydrogen (secondary N) is 1. The number of amides is 1. The maximum absolute atomic E-state index is 12.2. The second-order valence-electron chi connectivity index (χ2n) is 5.00. The minimum absolute atomic E-state index is 0.0332. The van der Waals surface area contributed by atoms with Crippen molar-refractivity contribution in [2.75, 3.05) is 6.61 Å². The predicted molar refractivity (Wildman–Crippen MR) is 78.7 cm³/mol. The average molecular weight is 333 g/mol. The Kier molecular flexibility index (Phi) is 4.88. The summed E-state index contributed by atoms with van der Waals surface area (Å²) < 4.78 is 28.2. The van der Waals surface area contributed by atoms with E-state index in [9.17, 15) is 13.2 Å². The second kappa shape index (κ2) is 6.31. The van der Waals surface area contributed by atoms with Crippen LogP contribution in [0.15, 0.2) is 23.1 Å². The lowest BCUT2D eigenvalue weighted by Gasteiger charge is -2.20. The summed E-state index contributed by atoms with van der Waals surface area (Å²) in [6.07, 6.45) is 1.81. The highest BCUT2D eigenvalue weighted by molar-refractivity contribution is 7.89. The topological polar surface area (TPSA) is 98.5 Å². The zero-order valence-electron chi connectivity index (χ0n) is 11.5. The first-order chi connectivity index (χ1) is 9.79. The van der Waals surface area contributed by atoms with Gasteiger partial charge in [0.1, 0.15) is 0 Å². The van der Waals surface area contributed by atoms with Gasteiger partial charge in [-0.2, -0.15) is 0 Å². The fourth-order valence-corrected chi connectivity index (χ4v) is 2.97. The maximum Gasteiger partial charge on any atom is 0.253 e. The molecular formula is C13H17ClN2O4S. The lowest BCUT2D eigenvalue weighted by atomic mass is 10.1. The number of halogens is 1. The van der Waals surface area contributed by atoms with E-state index in [-0.39, 0.29) is 27.6 Å². The Bertz CT molecular complexity index is 642. The van der Waals surface area contributed by atoms with Crippen molar-refractivity contribution in [1.29, 1.82) is 0 Å². The Labute approximate surface area is 128 Å². The quantitative estimate of drug-likeness (QED) is 0.867. The number of nitrogens with two attached hydrogens (primary N) is 1. The molecule has 21 heavy (non-hydrogen) atoms. The predicted octanol–water partition coefficient (Wildman–Crippen LogP) is 1.28. The molecule has 1 aromatic rings. The van der Waals surface area contributed by atoms with Gasteiger partial charge < -0.3 is 10.1 Å². The molecule has 8 heteroatoms. The van der Waals surface area contributed by atoms with E-state index in [0.29, 0.717) is 6.61 Å². The smallest absolute Gasteiger partial charge is 0.253 e. The minimum atomic E-state index is -3.88. The molecule has 2 rings (SSSR count). The lowest BCUT2D eigenvalue weighted by molar-refractivity contribution is 0.0712. The Hall–Kier alpha value is -1.15. The molecule has 116 valence electrons. The zero-order valence-corrected chi connectivity index (χ0v) is 13.1. The van der Waals surface area contributed by atoms with Crippen LogP contribution in [0.25, 0.3) is 0 Å². The molecule has 1 aliphatic heterocycles. The summed E-state index contributed by atoms with van der Waals surface area (Å²) in [5.74, 6) is -0.450. The number of benzene rings is 1. The molecule has 1 aromatic carbocycles. The highest BCUT2D eigenvalue weighted by atomic mass is 35.5. The highest BCUT2D eigenvalue weighted by Gasteiger charge is 2.25. The Morgan fingerprint density at radius 2 is 2.24 bits per heavy atom. The molecule has 2 atom stereocenters. The summed E-state index contributed by atoms with van der Waals surface area (Å²) in [7, 11) is -3.88. The molecule has 3 N–H and O–H groups in total. The maximum atomic E-state index is 12.2. The molecule has 1 heterocycles. The van der Waals surface area contributed by atoms with E-state index in [4.69, 9.17) is 21.5 Å². The van der Waals surface area contributed by atoms with E-state index < -0.39 is 15.9 Å². The van der Waals surface area contributed by atoms with Gasteiger partial charge in [0.05, 0.1) is 27.6 Å². The van der Waals surface area contributed by atoms with Crippen LogP contribution >= 0.6 is 11.6 Å². The molecule has 0 aromatic heterocycles. The Balaban J connectivity index is 2.18. The number of carbonyl (C=O) groups excluding carboxylic acids is 1. The van der Waals surface area contributed by atoms with E-state index in [0.717, 1.165) is 12.8 Å². The molecule has 0 aliphatic carbocycles. The third-order valence-electron chi connectivity index (χ3n) is 3.39. The minimum Gasteiger partial charge on any atom is -0.376 e. The molecule has 2 unspecified atom stereocenters. The SMILES string of the molecule is CC(NC(=O)c1cc(S(N)(=O)=O)ccc1Cl)C1CCCO1. The van der Waals surface area contributed by atoms with Gasteiger partial charge >= 0.3 is 0 Å². The van der Waals surface area contributed by atoms with Crippen molar-refractivity contribution in [3.05, 3.63) is 28.8 Å².